The van der Waals surface area contributed by atoms with E-state index in [0.29, 0.717) is 0 Å². The van der Waals surface area contributed by atoms with Gasteiger partial charge in [0.15, 0.2) is 11.5 Å². The molecule has 0 heterocycles. The number of rotatable bonds is 4. The summed E-state index contributed by atoms with van der Waals surface area (Å²) in [5.74, 6) is -0.133. The molecule has 106 valence electrons. The van der Waals surface area contributed by atoms with Crippen LogP contribution in [0.25, 0.3) is 0 Å². The number of sulfonamides is 1. The predicted octanol–water partition coefficient (Wildman–Crippen LogP) is 1.78. The molecule has 0 saturated heterocycles. The minimum atomic E-state index is -3.75. The Morgan fingerprint density at radius 1 is 1.15 bits per heavy atom. The first-order chi connectivity index (χ1) is 9.45. The van der Waals surface area contributed by atoms with Gasteiger partial charge in [0.2, 0.25) is 0 Å². The van der Waals surface area contributed by atoms with Crippen molar-refractivity contribution in [3.63, 3.8) is 0 Å². The maximum Gasteiger partial charge on any atom is 0.261 e. The molecule has 0 aliphatic rings. The molecular weight excluding hydrogens is 280 g/mol. The van der Waals surface area contributed by atoms with Gasteiger partial charge >= 0.3 is 0 Å². The van der Waals surface area contributed by atoms with E-state index < -0.39 is 10.0 Å². The molecule has 0 atom stereocenters. The fourth-order valence-corrected chi connectivity index (χ4v) is 2.75. The van der Waals surface area contributed by atoms with Crippen LogP contribution in [0.3, 0.4) is 0 Å². The lowest BCUT2D eigenvalue weighted by Gasteiger charge is -2.13. The van der Waals surface area contributed by atoms with Crippen LogP contribution in [0.1, 0.15) is 0 Å². The molecule has 0 spiro atoms. The van der Waals surface area contributed by atoms with Crippen LogP contribution in [0.5, 0.6) is 11.5 Å². The molecule has 0 radical (unpaired) electrons. The SMILES string of the molecule is COc1ccc(NS(=O)(=O)c2ccccc2)c(N)c1O. The quantitative estimate of drug-likeness (QED) is 0.589. The molecule has 2 aromatic carbocycles. The van der Waals surface area contributed by atoms with E-state index in [9.17, 15) is 13.5 Å². The van der Waals surface area contributed by atoms with Crippen LogP contribution in [-0.4, -0.2) is 20.6 Å². The van der Waals surface area contributed by atoms with Crippen LogP contribution in [0.15, 0.2) is 47.4 Å². The van der Waals surface area contributed by atoms with E-state index in [1.165, 1.54) is 31.4 Å². The van der Waals surface area contributed by atoms with E-state index >= 15 is 0 Å². The molecule has 6 nitrogen and oxygen atoms in total. The molecule has 0 fully saturated rings. The Hall–Kier alpha value is -2.41. The highest BCUT2D eigenvalue weighted by atomic mass is 32.2. The van der Waals surface area contributed by atoms with Gasteiger partial charge in [-0.1, -0.05) is 18.2 Å². The third-order valence-corrected chi connectivity index (χ3v) is 4.08. The van der Waals surface area contributed by atoms with Crippen molar-refractivity contribution in [2.45, 2.75) is 4.90 Å². The van der Waals surface area contributed by atoms with Crippen LogP contribution < -0.4 is 15.2 Å². The van der Waals surface area contributed by atoms with Crippen molar-refractivity contribution in [2.75, 3.05) is 17.6 Å². The number of nitrogen functional groups attached to an aromatic ring is 1. The summed E-state index contributed by atoms with van der Waals surface area (Å²) in [5, 5.41) is 9.76. The van der Waals surface area contributed by atoms with Gasteiger partial charge in [0.25, 0.3) is 10.0 Å². The number of anilines is 2. The Labute approximate surface area is 116 Å². The number of phenols is 1. The summed E-state index contributed by atoms with van der Waals surface area (Å²) in [6, 6.07) is 10.7. The maximum absolute atomic E-state index is 12.1. The largest absolute Gasteiger partial charge is 0.503 e. The summed E-state index contributed by atoms with van der Waals surface area (Å²) >= 11 is 0. The molecular formula is C13H14N2O4S. The predicted molar refractivity (Wildman–Crippen MR) is 76.3 cm³/mol. The molecule has 0 saturated carbocycles. The van der Waals surface area contributed by atoms with Crippen molar-refractivity contribution < 1.29 is 18.3 Å². The van der Waals surface area contributed by atoms with E-state index in [-0.39, 0.29) is 27.8 Å². The fourth-order valence-electron chi connectivity index (χ4n) is 1.65. The second-order valence-electron chi connectivity index (χ2n) is 4.00. The summed E-state index contributed by atoms with van der Waals surface area (Å²) in [7, 11) is -2.38. The Balaban J connectivity index is 2.38. The topological polar surface area (TPSA) is 102 Å². The average molecular weight is 294 g/mol. The van der Waals surface area contributed by atoms with Crippen LogP contribution in [-0.2, 0) is 10.0 Å². The third kappa shape index (κ3) is 2.62. The Kier molecular flexibility index (Phi) is 3.71. The van der Waals surface area contributed by atoms with Crippen molar-refractivity contribution in [3.05, 3.63) is 42.5 Å². The number of aromatic hydroxyl groups is 1. The van der Waals surface area contributed by atoms with Crippen LogP contribution in [0, 0.1) is 0 Å². The zero-order valence-corrected chi connectivity index (χ0v) is 11.5. The third-order valence-electron chi connectivity index (χ3n) is 2.70. The number of phenolic OH excluding ortho intramolecular Hbond substituents is 1. The van der Waals surface area contributed by atoms with Crippen molar-refractivity contribution >= 4 is 21.4 Å². The Morgan fingerprint density at radius 2 is 1.80 bits per heavy atom. The second-order valence-corrected chi connectivity index (χ2v) is 5.68. The average Bonchev–Trinajstić information content (AvgIpc) is 2.45. The minimum absolute atomic E-state index is 0.0900. The standard InChI is InChI=1S/C13H14N2O4S/c1-19-11-8-7-10(12(14)13(11)16)15-20(17,18)9-5-3-2-4-6-9/h2-8,15-16H,14H2,1H3. The summed E-state index contributed by atoms with van der Waals surface area (Å²) < 4.78 is 31.5. The summed E-state index contributed by atoms with van der Waals surface area (Å²) in [6.07, 6.45) is 0. The molecule has 0 unspecified atom stereocenters. The summed E-state index contributed by atoms with van der Waals surface area (Å²) in [5.41, 5.74) is 5.68. The zero-order valence-electron chi connectivity index (χ0n) is 10.7. The molecule has 2 rings (SSSR count). The first-order valence-electron chi connectivity index (χ1n) is 5.69. The highest BCUT2D eigenvalue weighted by molar-refractivity contribution is 7.92. The van der Waals surface area contributed by atoms with E-state index in [2.05, 4.69) is 4.72 Å². The minimum Gasteiger partial charge on any atom is -0.503 e. The van der Waals surface area contributed by atoms with Crippen molar-refractivity contribution in [1.82, 2.24) is 0 Å². The maximum atomic E-state index is 12.1. The van der Waals surface area contributed by atoms with Crippen LogP contribution in [0.4, 0.5) is 11.4 Å². The smallest absolute Gasteiger partial charge is 0.261 e. The van der Waals surface area contributed by atoms with Crippen molar-refractivity contribution in [1.29, 1.82) is 0 Å². The van der Waals surface area contributed by atoms with Gasteiger partial charge in [-0.05, 0) is 24.3 Å². The molecule has 2 aromatic rings. The first-order valence-corrected chi connectivity index (χ1v) is 7.17. The lowest BCUT2D eigenvalue weighted by Crippen LogP contribution is -2.14. The van der Waals surface area contributed by atoms with Crippen molar-refractivity contribution in [2.24, 2.45) is 0 Å². The lowest BCUT2D eigenvalue weighted by molar-refractivity contribution is 0.375. The van der Waals surface area contributed by atoms with E-state index in [4.69, 9.17) is 10.5 Å². The Morgan fingerprint density at radius 3 is 2.40 bits per heavy atom. The summed E-state index contributed by atoms with van der Waals surface area (Å²) in [4.78, 5) is 0.106. The van der Waals surface area contributed by atoms with Gasteiger partial charge in [0.05, 0.1) is 17.7 Å². The van der Waals surface area contributed by atoms with Gasteiger partial charge in [-0.15, -0.1) is 0 Å². The molecule has 4 N–H and O–H groups in total. The van der Waals surface area contributed by atoms with Crippen LogP contribution >= 0.6 is 0 Å². The van der Waals surface area contributed by atoms with E-state index in [1.807, 2.05) is 0 Å². The second kappa shape index (κ2) is 5.30. The molecule has 0 amide bonds. The molecule has 0 aliphatic heterocycles. The number of methoxy groups -OCH3 is 1. The van der Waals surface area contributed by atoms with Gasteiger partial charge in [-0.3, -0.25) is 4.72 Å². The monoisotopic (exact) mass is 294 g/mol. The zero-order chi connectivity index (χ0) is 14.8. The van der Waals surface area contributed by atoms with Crippen LogP contribution in [0.2, 0.25) is 0 Å². The number of nitrogens with two attached hydrogens (primary N) is 1. The fraction of sp³-hybridized carbons (Fsp3) is 0.0769. The molecule has 0 aliphatic carbocycles. The normalized spacial score (nSPS) is 11.1. The first kappa shape index (κ1) is 14.0. The van der Waals surface area contributed by atoms with Gasteiger partial charge in [-0.2, -0.15) is 0 Å². The molecule has 0 aromatic heterocycles. The number of hydrogen-bond donors (Lipinski definition) is 3. The number of benzene rings is 2. The highest BCUT2D eigenvalue weighted by Crippen LogP contribution is 2.38. The molecule has 20 heavy (non-hydrogen) atoms. The van der Waals surface area contributed by atoms with Gasteiger partial charge in [0.1, 0.15) is 5.69 Å². The number of nitrogens with one attached hydrogen (secondary N) is 1. The van der Waals surface area contributed by atoms with E-state index in [1.54, 1.807) is 18.2 Å². The number of hydrogen-bond acceptors (Lipinski definition) is 5. The molecule has 0 bridgehead atoms. The van der Waals surface area contributed by atoms with Gasteiger partial charge in [0, 0.05) is 0 Å². The Bertz CT molecular complexity index is 715. The lowest BCUT2D eigenvalue weighted by atomic mass is 10.2. The van der Waals surface area contributed by atoms with E-state index in [0.717, 1.165) is 0 Å². The van der Waals surface area contributed by atoms with Gasteiger partial charge in [-0.25, -0.2) is 8.42 Å². The highest BCUT2D eigenvalue weighted by Gasteiger charge is 2.17. The molecule has 7 heteroatoms. The van der Waals surface area contributed by atoms with Gasteiger partial charge < -0.3 is 15.6 Å². The summed E-state index contributed by atoms with van der Waals surface area (Å²) in [6.45, 7) is 0. The van der Waals surface area contributed by atoms with Crippen molar-refractivity contribution in [3.8, 4) is 11.5 Å². The number of ether oxygens (including phenoxy) is 1.